The minimum absolute atomic E-state index is 0. The van der Waals surface area contributed by atoms with E-state index < -0.39 is 0 Å². The molecule has 0 bridgehead atoms. The molecule has 0 saturated heterocycles. The Balaban J connectivity index is 0.00000337. The first kappa shape index (κ1) is 36.6. The standard InChI is InChI=1S/C32H43N8O2.2BrH/c1-36(2)30-16-14-29(15-17-30)34-35-32-11-6-9-24-39(32)23-8-5-4-7-21-37-25-26-38(27-37)22-10-20-33-28-12-18-31(19-13-28)40(41)42-3;;/h6,9,11-19,24-27,33H,4-5,7-8,10,20-23H2,1-3H3;2*1H/q+3;;/p-2. The molecule has 0 saturated carbocycles. The number of pyridine rings is 1. The molecule has 1 N–H and O–H groups in total. The third-order valence-electron chi connectivity index (χ3n) is 7.03. The van der Waals surface area contributed by atoms with Crippen molar-refractivity contribution in [1.29, 1.82) is 0 Å². The van der Waals surface area contributed by atoms with Crippen LogP contribution < -0.4 is 53.3 Å². The van der Waals surface area contributed by atoms with Gasteiger partial charge in [0.2, 0.25) is 6.33 Å². The van der Waals surface area contributed by atoms with Gasteiger partial charge >= 0.3 is 11.5 Å². The van der Waals surface area contributed by atoms with Gasteiger partial charge in [-0.25, -0.2) is 18.5 Å². The van der Waals surface area contributed by atoms with Gasteiger partial charge in [-0.05, 0) is 73.3 Å². The molecule has 0 fully saturated rings. The summed E-state index contributed by atoms with van der Waals surface area (Å²) in [5, 5.41) is 12.4. The molecule has 12 heteroatoms. The Hall–Kier alpha value is -3.64. The van der Waals surface area contributed by atoms with Crippen molar-refractivity contribution < 1.29 is 52.9 Å². The topological polar surface area (TPSA) is 82.0 Å². The van der Waals surface area contributed by atoms with Crippen LogP contribution in [0.15, 0.2) is 102 Å². The summed E-state index contributed by atoms with van der Waals surface area (Å²) in [4.78, 5) is 18.7. The summed E-state index contributed by atoms with van der Waals surface area (Å²) in [6, 6.07) is 21.4. The number of halogens is 2. The van der Waals surface area contributed by atoms with Crippen LogP contribution in [0.3, 0.4) is 0 Å². The second kappa shape index (κ2) is 19.6. The smallest absolute Gasteiger partial charge is 0.350 e. The summed E-state index contributed by atoms with van der Waals surface area (Å²) in [6.45, 7) is 3.77. The van der Waals surface area contributed by atoms with Gasteiger partial charge in [-0.2, -0.15) is 0 Å². The third-order valence-corrected chi connectivity index (χ3v) is 7.03. The van der Waals surface area contributed by atoms with Gasteiger partial charge in [0.15, 0.2) is 7.11 Å². The second-order valence-corrected chi connectivity index (χ2v) is 10.4. The number of rotatable bonds is 17. The molecule has 2 aromatic heterocycles. The highest BCUT2D eigenvalue weighted by molar-refractivity contribution is 5.51. The summed E-state index contributed by atoms with van der Waals surface area (Å²) in [5.74, 6) is 0.872. The van der Waals surface area contributed by atoms with Gasteiger partial charge in [-0.15, -0.1) is 0 Å². The Morgan fingerprint density at radius 3 is 2.34 bits per heavy atom. The molecule has 0 aliphatic heterocycles. The van der Waals surface area contributed by atoms with E-state index in [2.05, 4.69) is 76.0 Å². The lowest BCUT2D eigenvalue weighted by molar-refractivity contribution is -0.736. The van der Waals surface area contributed by atoms with Crippen LogP contribution in [0.25, 0.3) is 0 Å². The average molecular weight is 732 g/mol. The first-order valence-electron chi connectivity index (χ1n) is 14.6. The van der Waals surface area contributed by atoms with E-state index in [1.807, 2.05) is 56.6 Å². The van der Waals surface area contributed by atoms with Crippen LogP contribution in [0.2, 0.25) is 0 Å². The molecule has 0 aliphatic rings. The van der Waals surface area contributed by atoms with Gasteiger partial charge < -0.3 is 44.2 Å². The van der Waals surface area contributed by atoms with Crippen molar-refractivity contribution in [2.24, 2.45) is 10.2 Å². The Morgan fingerprint density at radius 2 is 1.61 bits per heavy atom. The number of hydrogen-bond acceptors (Lipinski definition) is 6. The zero-order valence-electron chi connectivity index (χ0n) is 25.7. The molecule has 4 rings (SSSR count). The van der Waals surface area contributed by atoms with Gasteiger partial charge in [-0.1, -0.05) is 6.07 Å². The normalized spacial score (nSPS) is 10.6. The van der Waals surface area contributed by atoms with E-state index in [1.165, 1.54) is 20.0 Å². The Kier molecular flexibility index (Phi) is 16.3. The molecule has 4 aromatic rings. The molecule has 10 nitrogen and oxygen atoms in total. The van der Waals surface area contributed by atoms with Gasteiger partial charge in [0.25, 0.3) is 4.92 Å². The molecule has 0 spiro atoms. The molecule has 0 radical (unpaired) electrons. The monoisotopic (exact) mass is 729 g/mol. The number of anilines is 2. The van der Waals surface area contributed by atoms with Crippen LogP contribution in [0.5, 0.6) is 0 Å². The number of unbranched alkanes of at least 4 members (excludes halogenated alkanes) is 3. The fourth-order valence-corrected chi connectivity index (χ4v) is 4.61. The Morgan fingerprint density at radius 1 is 0.864 bits per heavy atom. The maximum absolute atomic E-state index is 11.5. The van der Waals surface area contributed by atoms with E-state index in [1.54, 1.807) is 12.1 Å². The van der Waals surface area contributed by atoms with Crippen LogP contribution in [-0.2, 0) is 24.5 Å². The molecule has 2 aromatic carbocycles. The van der Waals surface area contributed by atoms with Crippen LogP contribution in [0.1, 0.15) is 32.1 Å². The minimum atomic E-state index is 0. The van der Waals surface area contributed by atoms with Crippen LogP contribution in [0, 0.1) is 4.91 Å². The zero-order chi connectivity index (χ0) is 29.6. The lowest BCUT2D eigenvalue weighted by Gasteiger charge is -2.11. The quantitative estimate of drug-likeness (QED) is 0.0734. The minimum Gasteiger partial charge on any atom is -1.00 e. The van der Waals surface area contributed by atoms with Gasteiger partial charge in [0.05, 0.1) is 35.9 Å². The number of azo groups is 1. The summed E-state index contributed by atoms with van der Waals surface area (Å²) in [7, 11) is 5.41. The predicted octanol–water partition coefficient (Wildman–Crippen LogP) is 0.287. The number of aryl methyl sites for hydroxylation is 3. The zero-order valence-corrected chi connectivity index (χ0v) is 28.9. The number of nitrogens with zero attached hydrogens (tertiary/aromatic N) is 7. The van der Waals surface area contributed by atoms with Crippen LogP contribution in [0.4, 0.5) is 28.6 Å². The molecular formula is C32H43Br2N8O2+. The van der Waals surface area contributed by atoms with Crippen molar-refractivity contribution in [2.45, 2.75) is 51.7 Å². The maximum atomic E-state index is 11.5. The van der Waals surface area contributed by atoms with E-state index in [9.17, 15) is 4.91 Å². The van der Waals surface area contributed by atoms with Crippen molar-refractivity contribution >= 4 is 28.6 Å². The maximum Gasteiger partial charge on any atom is 0.350 e. The van der Waals surface area contributed by atoms with Crippen LogP contribution in [-0.4, -0.2) is 37.2 Å². The molecule has 0 atom stereocenters. The highest BCUT2D eigenvalue weighted by Crippen LogP contribution is 2.20. The molecule has 0 aliphatic carbocycles. The van der Waals surface area contributed by atoms with E-state index in [-0.39, 0.29) is 34.0 Å². The van der Waals surface area contributed by atoms with E-state index >= 15 is 0 Å². The van der Waals surface area contributed by atoms with E-state index in [0.29, 0.717) is 10.6 Å². The molecule has 2 heterocycles. The van der Waals surface area contributed by atoms with Gasteiger partial charge in [0, 0.05) is 56.6 Å². The molecule has 0 unspecified atom stereocenters. The summed E-state index contributed by atoms with van der Waals surface area (Å²) in [6.07, 6.45) is 14.2. The van der Waals surface area contributed by atoms with Crippen molar-refractivity contribution in [1.82, 2.24) is 4.57 Å². The number of imidazole rings is 1. The number of benzene rings is 2. The van der Waals surface area contributed by atoms with Gasteiger partial charge in [-0.3, -0.25) is 0 Å². The Labute approximate surface area is 281 Å². The molecule has 236 valence electrons. The highest BCUT2D eigenvalue weighted by Gasteiger charge is 2.13. The number of hydrogen-bond donors (Lipinski definition) is 1. The van der Waals surface area contributed by atoms with Gasteiger partial charge in [0.1, 0.15) is 18.1 Å². The molecular weight excluding hydrogens is 688 g/mol. The fourth-order valence-electron chi connectivity index (χ4n) is 4.61. The first-order chi connectivity index (χ1) is 20.5. The number of aromatic nitrogens is 3. The largest absolute Gasteiger partial charge is 1.00 e. The van der Waals surface area contributed by atoms with Crippen molar-refractivity contribution in [3.8, 4) is 0 Å². The third kappa shape index (κ3) is 11.8. The molecule has 0 amide bonds. The Bertz CT molecular complexity index is 1430. The summed E-state index contributed by atoms with van der Waals surface area (Å²) in [5.41, 5.74) is 3.46. The average Bonchev–Trinajstić information content (AvgIpc) is 3.48. The van der Waals surface area contributed by atoms with Crippen molar-refractivity contribution in [2.75, 3.05) is 38.0 Å². The first-order valence-corrected chi connectivity index (χ1v) is 14.6. The van der Waals surface area contributed by atoms with Crippen LogP contribution >= 0.6 is 0 Å². The molecule has 44 heavy (non-hydrogen) atoms. The number of nitrogens with one attached hydrogen (secondary N) is 1. The summed E-state index contributed by atoms with van der Waals surface area (Å²) < 4.78 is 6.68. The lowest BCUT2D eigenvalue weighted by atomic mass is 10.2. The van der Waals surface area contributed by atoms with E-state index in [0.717, 1.165) is 68.3 Å². The van der Waals surface area contributed by atoms with Crippen molar-refractivity contribution in [3.63, 3.8) is 0 Å². The van der Waals surface area contributed by atoms with Crippen molar-refractivity contribution in [3.05, 3.63) is 96.6 Å². The highest BCUT2D eigenvalue weighted by atomic mass is 79.9. The SMILES string of the molecule is CO[N+](=O)c1ccc(NCCC[n+]2ccn(CCCCCC[n+]3ccccc3N=Nc3ccc(N(C)C)cc3)c2)cc1.[Br-].[Br-]. The fraction of sp³-hybridized carbons (Fsp3) is 0.375. The summed E-state index contributed by atoms with van der Waals surface area (Å²) >= 11 is 0. The van der Waals surface area contributed by atoms with E-state index in [4.69, 9.17) is 0 Å². The lowest BCUT2D eigenvalue weighted by Crippen LogP contribution is -3.00. The second-order valence-electron chi connectivity index (χ2n) is 10.4. The predicted molar refractivity (Wildman–Crippen MR) is 165 cm³/mol.